The van der Waals surface area contributed by atoms with Crippen LogP contribution in [0.25, 0.3) is 0 Å². The molecule has 7 heteroatoms. The first-order chi connectivity index (χ1) is 16.0. The number of hydrogen-bond donors (Lipinski definition) is 0. The molecule has 2 fully saturated rings. The van der Waals surface area contributed by atoms with Gasteiger partial charge < -0.3 is 14.5 Å². The molecule has 0 bridgehead atoms. The Morgan fingerprint density at radius 1 is 0.909 bits per heavy atom. The Morgan fingerprint density at radius 2 is 1.64 bits per heavy atom. The fourth-order valence-corrected chi connectivity index (χ4v) is 4.86. The minimum atomic E-state index is -0.874. The van der Waals surface area contributed by atoms with Crippen molar-refractivity contribution in [1.82, 2.24) is 9.80 Å². The number of amides is 2. The molecule has 2 aromatic carbocycles. The van der Waals surface area contributed by atoms with Gasteiger partial charge in [0, 0.05) is 44.1 Å². The molecule has 33 heavy (non-hydrogen) atoms. The van der Waals surface area contributed by atoms with Crippen LogP contribution in [0.15, 0.2) is 48.5 Å². The zero-order valence-corrected chi connectivity index (χ0v) is 18.8. The van der Waals surface area contributed by atoms with E-state index in [1.807, 2.05) is 35.2 Å². The number of para-hydroxylation sites is 1. The minimum absolute atomic E-state index is 0.0774. The highest BCUT2D eigenvalue weighted by molar-refractivity contribution is 5.94. The Balaban J connectivity index is 1.54. The number of carbonyl (C=O) groups is 2. The van der Waals surface area contributed by atoms with Crippen molar-refractivity contribution in [2.75, 3.05) is 32.8 Å². The zero-order chi connectivity index (χ0) is 23.3. The number of hydrogen-bond acceptors (Lipinski definition) is 3. The lowest BCUT2D eigenvalue weighted by Gasteiger charge is -2.43. The molecule has 2 amide bonds. The third kappa shape index (κ3) is 5.70. The summed E-state index contributed by atoms with van der Waals surface area (Å²) in [6.07, 6.45) is 4.84. The molecule has 5 nitrogen and oxygen atoms in total. The van der Waals surface area contributed by atoms with Crippen molar-refractivity contribution in [1.29, 1.82) is 0 Å². The summed E-state index contributed by atoms with van der Waals surface area (Å²) in [5.74, 6) is -1.30. The number of nitrogens with zero attached hydrogens (tertiary/aromatic N) is 2. The SMILES string of the molecule is O=C(C[C@@]1(COc2ccccc2)CCCN(C(=O)c2ccc(F)cc2F)C1)N1CCCCC1. The van der Waals surface area contributed by atoms with Gasteiger partial charge >= 0.3 is 0 Å². The van der Waals surface area contributed by atoms with E-state index in [0.29, 0.717) is 18.7 Å². The van der Waals surface area contributed by atoms with Crippen LogP contribution in [0, 0.1) is 17.0 Å². The highest BCUT2D eigenvalue weighted by atomic mass is 19.1. The van der Waals surface area contributed by atoms with E-state index in [2.05, 4.69) is 0 Å². The van der Waals surface area contributed by atoms with E-state index in [1.165, 1.54) is 6.07 Å². The van der Waals surface area contributed by atoms with Gasteiger partial charge in [0.05, 0.1) is 12.2 Å². The topological polar surface area (TPSA) is 49.9 Å². The van der Waals surface area contributed by atoms with Gasteiger partial charge in [-0.2, -0.15) is 0 Å². The van der Waals surface area contributed by atoms with E-state index in [-0.39, 0.29) is 31.0 Å². The summed E-state index contributed by atoms with van der Waals surface area (Å²) in [6, 6.07) is 12.4. The molecule has 0 unspecified atom stereocenters. The Kier molecular flexibility index (Phi) is 7.26. The number of halogens is 2. The predicted octanol–water partition coefficient (Wildman–Crippen LogP) is 4.67. The lowest BCUT2D eigenvalue weighted by atomic mass is 9.77. The molecule has 2 aromatic rings. The van der Waals surface area contributed by atoms with Gasteiger partial charge in [0.15, 0.2) is 0 Å². The molecule has 2 saturated heterocycles. The maximum Gasteiger partial charge on any atom is 0.256 e. The lowest BCUT2D eigenvalue weighted by Crippen LogP contribution is -2.51. The minimum Gasteiger partial charge on any atom is -0.493 e. The Morgan fingerprint density at radius 3 is 2.36 bits per heavy atom. The van der Waals surface area contributed by atoms with Crippen LogP contribution < -0.4 is 4.74 Å². The van der Waals surface area contributed by atoms with E-state index < -0.39 is 23.0 Å². The predicted molar refractivity (Wildman–Crippen MR) is 121 cm³/mol. The highest BCUT2D eigenvalue weighted by Gasteiger charge is 2.41. The second-order valence-corrected chi connectivity index (χ2v) is 9.17. The van der Waals surface area contributed by atoms with Crippen LogP contribution in [0.2, 0.25) is 0 Å². The Bertz CT molecular complexity index is 979. The second kappa shape index (κ2) is 10.3. The van der Waals surface area contributed by atoms with Crippen molar-refractivity contribution >= 4 is 11.8 Å². The molecule has 0 saturated carbocycles. The maximum absolute atomic E-state index is 14.3. The fourth-order valence-electron chi connectivity index (χ4n) is 4.86. The number of carbonyl (C=O) groups excluding carboxylic acids is 2. The van der Waals surface area contributed by atoms with Gasteiger partial charge in [-0.1, -0.05) is 18.2 Å². The quantitative estimate of drug-likeness (QED) is 0.635. The Labute approximate surface area is 193 Å². The molecule has 4 rings (SSSR count). The van der Waals surface area contributed by atoms with E-state index in [9.17, 15) is 18.4 Å². The van der Waals surface area contributed by atoms with Gasteiger partial charge in [-0.25, -0.2) is 8.78 Å². The average molecular weight is 457 g/mol. The summed E-state index contributed by atoms with van der Waals surface area (Å²) >= 11 is 0. The first-order valence-electron chi connectivity index (χ1n) is 11.7. The van der Waals surface area contributed by atoms with Crippen LogP contribution in [0.3, 0.4) is 0 Å². The first-order valence-corrected chi connectivity index (χ1v) is 11.7. The summed E-state index contributed by atoms with van der Waals surface area (Å²) in [7, 11) is 0. The number of rotatable bonds is 6. The van der Waals surface area contributed by atoms with Crippen molar-refractivity contribution in [3.8, 4) is 5.75 Å². The van der Waals surface area contributed by atoms with E-state index in [1.54, 1.807) is 4.90 Å². The normalized spacial score (nSPS) is 21.0. The van der Waals surface area contributed by atoms with Gasteiger partial charge in [-0.15, -0.1) is 0 Å². The molecule has 1 atom stereocenters. The molecule has 0 aromatic heterocycles. The van der Waals surface area contributed by atoms with Crippen LogP contribution >= 0.6 is 0 Å². The molecule has 176 valence electrons. The molecule has 0 aliphatic carbocycles. The van der Waals surface area contributed by atoms with Crippen LogP contribution in [0.5, 0.6) is 5.75 Å². The van der Waals surface area contributed by atoms with Crippen molar-refractivity contribution in [3.63, 3.8) is 0 Å². The summed E-state index contributed by atoms with van der Waals surface area (Å²) < 4.78 is 33.7. The summed E-state index contributed by atoms with van der Waals surface area (Å²) in [4.78, 5) is 29.8. The Hall–Kier alpha value is -2.96. The smallest absolute Gasteiger partial charge is 0.256 e. The van der Waals surface area contributed by atoms with Crippen LogP contribution in [0.1, 0.15) is 48.9 Å². The van der Waals surface area contributed by atoms with Gasteiger partial charge in [0.25, 0.3) is 5.91 Å². The number of benzene rings is 2. The van der Waals surface area contributed by atoms with Gasteiger partial charge in [-0.3, -0.25) is 9.59 Å². The largest absolute Gasteiger partial charge is 0.493 e. The van der Waals surface area contributed by atoms with E-state index in [0.717, 1.165) is 50.9 Å². The third-order valence-corrected chi connectivity index (χ3v) is 6.63. The average Bonchev–Trinajstić information content (AvgIpc) is 2.84. The number of piperidine rings is 2. The molecular formula is C26H30F2N2O3. The molecule has 0 radical (unpaired) electrons. The summed E-state index contributed by atoms with van der Waals surface area (Å²) in [5.41, 5.74) is -0.729. The molecule has 2 heterocycles. The van der Waals surface area contributed by atoms with Gasteiger partial charge in [0.1, 0.15) is 17.4 Å². The van der Waals surface area contributed by atoms with E-state index in [4.69, 9.17) is 4.74 Å². The van der Waals surface area contributed by atoms with Crippen molar-refractivity contribution < 1.29 is 23.1 Å². The van der Waals surface area contributed by atoms with Crippen molar-refractivity contribution in [2.45, 2.75) is 38.5 Å². The number of ether oxygens (including phenoxy) is 1. The third-order valence-electron chi connectivity index (χ3n) is 6.63. The fraction of sp³-hybridized carbons (Fsp3) is 0.462. The van der Waals surface area contributed by atoms with E-state index >= 15 is 0 Å². The second-order valence-electron chi connectivity index (χ2n) is 9.17. The van der Waals surface area contributed by atoms with Crippen molar-refractivity contribution in [3.05, 3.63) is 65.7 Å². The van der Waals surface area contributed by atoms with Gasteiger partial charge in [0.2, 0.25) is 5.91 Å². The summed E-state index contributed by atoms with van der Waals surface area (Å²) in [5, 5.41) is 0. The molecular weight excluding hydrogens is 426 g/mol. The van der Waals surface area contributed by atoms with Crippen LogP contribution in [0.4, 0.5) is 8.78 Å². The zero-order valence-electron chi connectivity index (χ0n) is 18.8. The monoisotopic (exact) mass is 456 g/mol. The molecule has 0 spiro atoms. The van der Waals surface area contributed by atoms with Gasteiger partial charge in [-0.05, 0) is 56.4 Å². The molecule has 2 aliphatic heterocycles. The van der Waals surface area contributed by atoms with Crippen molar-refractivity contribution in [2.24, 2.45) is 5.41 Å². The highest BCUT2D eigenvalue weighted by Crippen LogP contribution is 2.36. The maximum atomic E-state index is 14.3. The molecule has 0 N–H and O–H groups in total. The van der Waals surface area contributed by atoms with Crippen LogP contribution in [-0.4, -0.2) is 54.4 Å². The number of likely N-dealkylation sites (tertiary alicyclic amines) is 2. The standard InChI is InChI=1S/C26H30F2N2O3/c27-20-10-11-22(23(28)16-20)25(32)30-15-7-12-26(18-30,19-33-21-8-3-1-4-9-21)17-24(31)29-13-5-2-6-14-29/h1,3-4,8-11,16H,2,5-7,12-15,17-19H2/t26-/m0/s1. The lowest BCUT2D eigenvalue weighted by molar-refractivity contribution is -0.136. The summed E-state index contributed by atoms with van der Waals surface area (Å²) in [6.45, 7) is 2.55. The van der Waals surface area contributed by atoms with Crippen LogP contribution in [-0.2, 0) is 4.79 Å². The first kappa shape index (κ1) is 23.2. The molecule has 2 aliphatic rings.